The number of carbonyl (C=O) groups excluding carboxylic acids is 2. The Morgan fingerprint density at radius 3 is 2.75 bits per heavy atom. The number of amides is 2. The predicted molar refractivity (Wildman–Crippen MR) is 71.9 cm³/mol. The maximum atomic E-state index is 11.7. The number of aryl methyl sites for hydroxylation is 1. The second-order valence-electron chi connectivity index (χ2n) is 4.23. The average molecular weight is 273 g/mol. The van der Waals surface area contributed by atoms with Crippen molar-refractivity contribution in [2.75, 3.05) is 6.54 Å². The molecule has 6 nitrogen and oxygen atoms in total. The van der Waals surface area contributed by atoms with Gasteiger partial charge in [0.15, 0.2) is 0 Å². The molecule has 0 saturated heterocycles. The fraction of sp³-hybridized carbons (Fsp3) is 0.214. The van der Waals surface area contributed by atoms with Crippen LogP contribution >= 0.6 is 0 Å². The molecule has 0 bridgehead atoms. The lowest BCUT2D eigenvalue weighted by Crippen LogP contribution is -2.36. The molecule has 0 radical (unpaired) electrons. The first-order valence-electron chi connectivity index (χ1n) is 6.15. The molecule has 2 aromatic rings. The van der Waals surface area contributed by atoms with Gasteiger partial charge >= 0.3 is 0 Å². The van der Waals surface area contributed by atoms with Crippen molar-refractivity contribution in [3.63, 3.8) is 0 Å². The summed E-state index contributed by atoms with van der Waals surface area (Å²) in [6, 6.07) is 6.91. The standard InChI is InChI=1S/C14H15N3O3/c1-10-4-5-11(7-15-10)14(19)17-9-13(18)16-8-12-3-2-6-20-12/h2-7H,8-9H2,1H3,(H,16,18)(H,17,19). The van der Waals surface area contributed by atoms with Crippen LogP contribution in [0.5, 0.6) is 0 Å². The van der Waals surface area contributed by atoms with Gasteiger partial charge in [0.1, 0.15) is 5.76 Å². The first-order chi connectivity index (χ1) is 9.65. The summed E-state index contributed by atoms with van der Waals surface area (Å²) < 4.78 is 5.08. The summed E-state index contributed by atoms with van der Waals surface area (Å²) in [6.45, 7) is 2.05. The van der Waals surface area contributed by atoms with Crippen LogP contribution in [0.3, 0.4) is 0 Å². The third-order valence-electron chi connectivity index (χ3n) is 2.62. The quantitative estimate of drug-likeness (QED) is 0.852. The van der Waals surface area contributed by atoms with Crippen LogP contribution in [0.15, 0.2) is 41.1 Å². The van der Waals surface area contributed by atoms with E-state index in [2.05, 4.69) is 15.6 Å². The second-order valence-corrected chi connectivity index (χ2v) is 4.23. The molecule has 0 spiro atoms. The van der Waals surface area contributed by atoms with Crippen LogP contribution in [0.4, 0.5) is 0 Å². The van der Waals surface area contributed by atoms with Crippen LogP contribution in [0, 0.1) is 6.92 Å². The molecule has 2 aromatic heterocycles. The van der Waals surface area contributed by atoms with E-state index in [0.717, 1.165) is 5.69 Å². The summed E-state index contributed by atoms with van der Waals surface area (Å²) in [7, 11) is 0. The zero-order valence-electron chi connectivity index (χ0n) is 11.1. The van der Waals surface area contributed by atoms with E-state index in [1.807, 2.05) is 6.92 Å². The van der Waals surface area contributed by atoms with Crippen molar-refractivity contribution < 1.29 is 14.0 Å². The number of rotatable bonds is 5. The van der Waals surface area contributed by atoms with Crippen molar-refractivity contribution in [2.45, 2.75) is 13.5 Å². The third kappa shape index (κ3) is 3.94. The Labute approximate surface area is 116 Å². The Bertz CT molecular complexity index is 576. The van der Waals surface area contributed by atoms with E-state index in [1.165, 1.54) is 12.5 Å². The van der Waals surface area contributed by atoms with E-state index >= 15 is 0 Å². The first kappa shape index (κ1) is 13.8. The van der Waals surface area contributed by atoms with Gasteiger partial charge in [0.05, 0.1) is 24.9 Å². The SMILES string of the molecule is Cc1ccc(C(=O)NCC(=O)NCc2ccco2)cn1. The van der Waals surface area contributed by atoms with Gasteiger partial charge in [-0.2, -0.15) is 0 Å². The minimum Gasteiger partial charge on any atom is -0.467 e. The van der Waals surface area contributed by atoms with Crippen molar-refractivity contribution in [1.29, 1.82) is 0 Å². The van der Waals surface area contributed by atoms with E-state index in [4.69, 9.17) is 4.42 Å². The zero-order valence-corrected chi connectivity index (χ0v) is 11.1. The van der Waals surface area contributed by atoms with Crippen LogP contribution in [0.25, 0.3) is 0 Å². The fourth-order valence-corrected chi connectivity index (χ4v) is 1.53. The number of hydrogen-bond acceptors (Lipinski definition) is 4. The summed E-state index contributed by atoms with van der Waals surface area (Å²) in [5, 5.41) is 5.16. The minimum absolute atomic E-state index is 0.0899. The molecule has 2 heterocycles. The molecule has 2 rings (SSSR count). The Balaban J connectivity index is 1.75. The van der Waals surface area contributed by atoms with Gasteiger partial charge in [-0.25, -0.2) is 0 Å². The predicted octanol–water partition coefficient (Wildman–Crippen LogP) is 1.03. The van der Waals surface area contributed by atoms with Gasteiger partial charge in [-0.15, -0.1) is 0 Å². The number of nitrogens with one attached hydrogen (secondary N) is 2. The molecule has 6 heteroatoms. The molecule has 0 aliphatic heterocycles. The number of nitrogens with zero attached hydrogens (tertiary/aromatic N) is 1. The minimum atomic E-state index is -0.328. The van der Waals surface area contributed by atoms with Gasteiger partial charge in [-0.3, -0.25) is 14.6 Å². The van der Waals surface area contributed by atoms with Gasteiger partial charge in [0.2, 0.25) is 5.91 Å². The Morgan fingerprint density at radius 2 is 2.10 bits per heavy atom. The zero-order chi connectivity index (χ0) is 14.4. The molecule has 104 valence electrons. The highest BCUT2D eigenvalue weighted by molar-refractivity contribution is 5.96. The largest absolute Gasteiger partial charge is 0.467 e. The maximum Gasteiger partial charge on any atom is 0.253 e. The van der Waals surface area contributed by atoms with Crippen LogP contribution in [-0.2, 0) is 11.3 Å². The van der Waals surface area contributed by atoms with Gasteiger partial charge in [0, 0.05) is 11.9 Å². The number of pyridine rings is 1. The van der Waals surface area contributed by atoms with Crippen LogP contribution in [0.2, 0.25) is 0 Å². The van der Waals surface area contributed by atoms with Crippen molar-refractivity contribution in [3.8, 4) is 0 Å². The van der Waals surface area contributed by atoms with Crippen LogP contribution < -0.4 is 10.6 Å². The highest BCUT2D eigenvalue weighted by Crippen LogP contribution is 1.99. The normalized spacial score (nSPS) is 10.1. The summed E-state index contributed by atoms with van der Waals surface area (Å²) in [5.74, 6) is 0.0490. The van der Waals surface area contributed by atoms with Crippen molar-refractivity contribution in [1.82, 2.24) is 15.6 Å². The molecular weight excluding hydrogens is 258 g/mol. The van der Waals surface area contributed by atoms with E-state index in [9.17, 15) is 9.59 Å². The fourth-order valence-electron chi connectivity index (χ4n) is 1.53. The lowest BCUT2D eigenvalue weighted by molar-refractivity contribution is -0.120. The van der Waals surface area contributed by atoms with Crippen molar-refractivity contribution in [2.24, 2.45) is 0 Å². The van der Waals surface area contributed by atoms with Crippen molar-refractivity contribution >= 4 is 11.8 Å². The number of carbonyl (C=O) groups is 2. The Hall–Kier alpha value is -2.63. The molecule has 0 saturated carbocycles. The van der Waals surface area contributed by atoms with Gasteiger partial charge in [-0.1, -0.05) is 0 Å². The number of hydrogen-bond donors (Lipinski definition) is 2. The monoisotopic (exact) mass is 273 g/mol. The van der Waals surface area contributed by atoms with Crippen LogP contribution in [0.1, 0.15) is 21.8 Å². The number of aromatic nitrogens is 1. The third-order valence-corrected chi connectivity index (χ3v) is 2.62. The Kier molecular flexibility index (Phi) is 4.49. The summed E-state index contributed by atoms with van der Waals surface area (Å²) in [4.78, 5) is 27.3. The van der Waals surface area contributed by atoms with E-state index < -0.39 is 0 Å². The molecule has 0 aliphatic rings. The molecule has 20 heavy (non-hydrogen) atoms. The summed E-state index contributed by atoms with van der Waals surface area (Å²) in [6.07, 6.45) is 3.01. The molecule has 0 aliphatic carbocycles. The Morgan fingerprint density at radius 1 is 1.25 bits per heavy atom. The molecule has 2 N–H and O–H groups in total. The summed E-state index contributed by atoms with van der Waals surface area (Å²) in [5.41, 5.74) is 1.26. The lowest BCUT2D eigenvalue weighted by atomic mass is 10.2. The molecule has 0 atom stereocenters. The number of furan rings is 1. The molecular formula is C14H15N3O3. The molecule has 2 amide bonds. The smallest absolute Gasteiger partial charge is 0.253 e. The van der Waals surface area contributed by atoms with Gasteiger partial charge in [-0.05, 0) is 31.2 Å². The highest BCUT2D eigenvalue weighted by atomic mass is 16.3. The van der Waals surface area contributed by atoms with E-state index in [1.54, 1.807) is 24.3 Å². The topological polar surface area (TPSA) is 84.2 Å². The lowest BCUT2D eigenvalue weighted by Gasteiger charge is -2.06. The van der Waals surface area contributed by atoms with E-state index in [-0.39, 0.29) is 18.4 Å². The van der Waals surface area contributed by atoms with E-state index in [0.29, 0.717) is 17.9 Å². The molecule has 0 aromatic carbocycles. The highest BCUT2D eigenvalue weighted by Gasteiger charge is 2.08. The molecule has 0 unspecified atom stereocenters. The average Bonchev–Trinajstić information content (AvgIpc) is 2.96. The van der Waals surface area contributed by atoms with Crippen LogP contribution in [-0.4, -0.2) is 23.3 Å². The molecule has 0 fully saturated rings. The van der Waals surface area contributed by atoms with Gasteiger partial charge in [0.25, 0.3) is 5.91 Å². The summed E-state index contributed by atoms with van der Waals surface area (Å²) >= 11 is 0. The van der Waals surface area contributed by atoms with Crippen molar-refractivity contribution in [3.05, 3.63) is 53.7 Å². The first-order valence-corrected chi connectivity index (χ1v) is 6.15. The second kappa shape index (κ2) is 6.51. The maximum absolute atomic E-state index is 11.7. The van der Waals surface area contributed by atoms with Gasteiger partial charge < -0.3 is 15.1 Å².